The number of hydrogen-bond acceptors (Lipinski definition) is 5. The summed E-state index contributed by atoms with van der Waals surface area (Å²) in [6.45, 7) is 2.03. The van der Waals surface area contributed by atoms with Gasteiger partial charge in [-0.15, -0.1) is 0 Å². The van der Waals surface area contributed by atoms with Crippen LogP contribution in [0.5, 0.6) is 17.2 Å². The lowest BCUT2D eigenvalue weighted by atomic mass is 10.1. The molecule has 0 aliphatic heterocycles. The molecule has 1 atom stereocenters. The molecule has 0 aliphatic carbocycles. The molecular weight excluding hydrogens is 394 g/mol. The molecule has 0 saturated carbocycles. The molecule has 3 aromatic rings. The maximum Gasteiger partial charge on any atom is 0.272 e. The standard InChI is InChI=1S/C21H22ClN3O4/c1-14(18-12-16(27-2)7-8-20(18)28-3)23-21(26)19-9-10-25(24-19)13-29-17-6-4-5-15(22)11-17/h4-12,14H,13H2,1-3H3,(H,23,26). The molecule has 1 amide bonds. The van der Waals surface area contributed by atoms with Crippen LogP contribution >= 0.6 is 11.6 Å². The Morgan fingerprint density at radius 2 is 1.97 bits per heavy atom. The molecule has 7 nitrogen and oxygen atoms in total. The summed E-state index contributed by atoms with van der Waals surface area (Å²) in [6.07, 6.45) is 1.68. The van der Waals surface area contributed by atoms with E-state index in [9.17, 15) is 4.79 Å². The summed E-state index contributed by atoms with van der Waals surface area (Å²) in [5.74, 6) is 1.67. The largest absolute Gasteiger partial charge is 0.497 e. The van der Waals surface area contributed by atoms with E-state index in [0.29, 0.717) is 22.3 Å². The van der Waals surface area contributed by atoms with Crippen LogP contribution in [-0.2, 0) is 6.73 Å². The molecule has 1 heterocycles. The Morgan fingerprint density at radius 1 is 1.14 bits per heavy atom. The minimum absolute atomic E-state index is 0.160. The highest BCUT2D eigenvalue weighted by molar-refractivity contribution is 6.30. The van der Waals surface area contributed by atoms with Gasteiger partial charge < -0.3 is 19.5 Å². The SMILES string of the molecule is COc1ccc(OC)c(C(C)NC(=O)c2ccn(COc3cccc(Cl)c3)n2)c1. The zero-order chi connectivity index (χ0) is 20.8. The molecule has 3 rings (SSSR count). The minimum Gasteiger partial charge on any atom is -0.497 e. The van der Waals surface area contributed by atoms with E-state index >= 15 is 0 Å². The minimum atomic E-state index is -0.305. The smallest absolute Gasteiger partial charge is 0.272 e. The van der Waals surface area contributed by atoms with Crippen LogP contribution in [0.2, 0.25) is 5.02 Å². The monoisotopic (exact) mass is 415 g/mol. The first-order valence-electron chi connectivity index (χ1n) is 8.94. The van der Waals surface area contributed by atoms with E-state index < -0.39 is 0 Å². The molecule has 0 spiro atoms. The number of aromatic nitrogens is 2. The molecule has 0 radical (unpaired) electrons. The molecule has 1 aromatic heterocycles. The summed E-state index contributed by atoms with van der Waals surface area (Å²) in [5.41, 5.74) is 1.09. The number of nitrogens with one attached hydrogen (secondary N) is 1. The van der Waals surface area contributed by atoms with Gasteiger partial charge in [-0.25, -0.2) is 4.68 Å². The first kappa shape index (κ1) is 20.5. The number of methoxy groups -OCH3 is 2. The van der Waals surface area contributed by atoms with E-state index in [2.05, 4.69) is 10.4 Å². The number of nitrogens with zero attached hydrogens (tertiary/aromatic N) is 2. The van der Waals surface area contributed by atoms with Gasteiger partial charge in [0.25, 0.3) is 5.91 Å². The van der Waals surface area contributed by atoms with Crippen molar-refractivity contribution in [1.29, 1.82) is 0 Å². The van der Waals surface area contributed by atoms with Crippen molar-refractivity contribution in [2.24, 2.45) is 0 Å². The average Bonchev–Trinajstić information content (AvgIpc) is 3.21. The fraction of sp³-hybridized carbons (Fsp3) is 0.238. The fourth-order valence-electron chi connectivity index (χ4n) is 2.78. The molecule has 0 bridgehead atoms. The molecule has 2 aromatic carbocycles. The van der Waals surface area contributed by atoms with Crippen LogP contribution in [0, 0.1) is 0 Å². The van der Waals surface area contributed by atoms with Crippen LogP contribution in [0.25, 0.3) is 0 Å². The van der Waals surface area contributed by atoms with E-state index in [-0.39, 0.29) is 24.4 Å². The second-order valence-corrected chi connectivity index (χ2v) is 6.71. The number of benzene rings is 2. The summed E-state index contributed by atoms with van der Waals surface area (Å²) in [5, 5.41) is 7.77. The number of amides is 1. The summed E-state index contributed by atoms with van der Waals surface area (Å²) in [7, 11) is 3.17. The molecule has 29 heavy (non-hydrogen) atoms. The lowest BCUT2D eigenvalue weighted by molar-refractivity contribution is 0.0932. The molecule has 0 aliphatic rings. The van der Waals surface area contributed by atoms with Crippen molar-refractivity contribution in [3.63, 3.8) is 0 Å². The number of carbonyl (C=O) groups excluding carboxylic acids is 1. The summed E-state index contributed by atoms with van der Waals surface area (Å²) >= 11 is 5.94. The summed E-state index contributed by atoms with van der Waals surface area (Å²) in [4.78, 5) is 12.6. The van der Waals surface area contributed by atoms with Crippen LogP contribution in [0.4, 0.5) is 0 Å². The van der Waals surface area contributed by atoms with E-state index in [4.69, 9.17) is 25.8 Å². The quantitative estimate of drug-likeness (QED) is 0.600. The second kappa shape index (κ2) is 9.34. The van der Waals surface area contributed by atoms with E-state index in [1.165, 1.54) is 4.68 Å². The van der Waals surface area contributed by atoms with Crippen LogP contribution in [0.15, 0.2) is 54.7 Å². The van der Waals surface area contributed by atoms with Gasteiger partial charge in [0, 0.05) is 16.8 Å². The Morgan fingerprint density at radius 3 is 2.69 bits per heavy atom. The van der Waals surface area contributed by atoms with Gasteiger partial charge in [-0.05, 0) is 49.4 Å². The Kier molecular flexibility index (Phi) is 6.61. The lowest BCUT2D eigenvalue weighted by Gasteiger charge is -2.17. The third kappa shape index (κ3) is 5.20. The van der Waals surface area contributed by atoms with Gasteiger partial charge in [0.05, 0.1) is 20.3 Å². The molecule has 0 saturated heterocycles. The molecule has 1 N–H and O–H groups in total. The van der Waals surface area contributed by atoms with Crippen LogP contribution < -0.4 is 19.5 Å². The normalized spacial score (nSPS) is 11.6. The van der Waals surface area contributed by atoms with Crippen LogP contribution in [-0.4, -0.2) is 29.9 Å². The van der Waals surface area contributed by atoms with Crippen LogP contribution in [0.3, 0.4) is 0 Å². The van der Waals surface area contributed by atoms with Gasteiger partial charge in [-0.1, -0.05) is 17.7 Å². The van der Waals surface area contributed by atoms with E-state index in [0.717, 1.165) is 5.56 Å². The van der Waals surface area contributed by atoms with Gasteiger partial charge in [-0.3, -0.25) is 4.79 Å². The van der Waals surface area contributed by atoms with Gasteiger partial charge in [-0.2, -0.15) is 5.10 Å². The Labute approximate surface area is 174 Å². The molecule has 1 unspecified atom stereocenters. The molecule has 0 fully saturated rings. The second-order valence-electron chi connectivity index (χ2n) is 6.27. The summed E-state index contributed by atoms with van der Waals surface area (Å²) < 4.78 is 17.8. The Hall–Kier alpha value is -3.19. The first-order chi connectivity index (χ1) is 14.0. The predicted molar refractivity (Wildman–Crippen MR) is 110 cm³/mol. The van der Waals surface area contributed by atoms with Crippen molar-refractivity contribution < 1.29 is 19.0 Å². The zero-order valence-electron chi connectivity index (χ0n) is 16.4. The van der Waals surface area contributed by atoms with Crippen molar-refractivity contribution in [2.75, 3.05) is 14.2 Å². The molecular formula is C21H22ClN3O4. The number of carbonyl (C=O) groups is 1. The zero-order valence-corrected chi connectivity index (χ0v) is 17.1. The summed E-state index contributed by atoms with van der Waals surface area (Å²) in [6, 6.07) is 13.8. The number of rotatable bonds is 8. The molecule has 152 valence electrons. The highest BCUT2D eigenvalue weighted by Gasteiger charge is 2.18. The number of ether oxygens (including phenoxy) is 3. The lowest BCUT2D eigenvalue weighted by Crippen LogP contribution is -2.27. The maximum absolute atomic E-state index is 12.6. The molecule has 8 heteroatoms. The van der Waals surface area contributed by atoms with Crippen molar-refractivity contribution in [2.45, 2.75) is 19.7 Å². The Bertz CT molecular complexity index is 990. The van der Waals surface area contributed by atoms with E-state index in [1.807, 2.05) is 13.0 Å². The predicted octanol–water partition coefficient (Wildman–Crippen LogP) is 4.08. The maximum atomic E-state index is 12.6. The van der Waals surface area contributed by atoms with Crippen molar-refractivity contribution in [1.82, 2.24) is 15.1 Å². The van der Waals surface area contributed by atoms with Gasteiger partial charge >= 0.3 is 0 Å². The third-order valence-electron chi connectivity index (χ3n) is 4.28. The van der Waals surface area contributed by atoms with Gasteiger partial charge in [0.2, 0.25) is 0 Å². The van der Waals surface area contributed by atoms with Gasteiger partial charge in [0.1, 0.15) is 22.9 Å². The highest BCUT2D eigenvalue weighted by atomic mass is 35.5. The van der Waals surface area contributed by atoms with Crippen molar-refractivity contribution in [3.8, 4) is 17.2 Å². The van der Waals surface area contributed by atoms with Crippen LogP contribution in [0.1, 0.15) is 29.0 Å². The average molecular weight is 416 g/mol. The van der Waals surface area contributed by atoms with Crippen molar-refractivity contribution in [3.05, 3.63) is 71.0 Å². The fourth-order valence-corrected chi connectivity index (χ4v) is 2.96. The van der Waals surface area contributed by atoms with Crippen molar-refractivity contribution >= 4 is 17.5 Å². The highest BCUT2D eigenvalue weighted by Crippen LogP contribution is 2.29. The first-order valence-corrected chi connectivity index (χ1v) is 9.32. The Balaban J connectivity index is 1.64. The third-order valence-corrected chi connectivity index (χ3v) is 4.52. The number of hydrogen-bond donors (Lipinski definition) is 1. The number of halogens is 1. The van der Waals surface area contributed by atoms with E-state index in [1.54, 1.807) is 62.9 Å². The van der Waals surface area contributed by atoms with Gasteiger partial charge in [0.15, 0.2) is 6.73 Å². The topological polar surface area (TPSA) is 74.6 Å².